The van der Waals surface area contributed by atoms with E-state index in [0.29, 0.717) is 4.75 Å². The first kappa shape index (κ1) is 18.9. The summed E-state index contributed by atoms with van der Waals surface area (Å²) in [6, 6.07) is 0. The van der Waals surface area contributed by atoms with Crippen LogP contribution < -0.4 is 10.6 Å². The summed E-state index contributed by atoms with van der Waals surface area (Å²) >= 11 is 2.08. The highest BCUT2D eigenvalue weighted by Gasteiger charge is 2.29. The zero-order valence-corrected chi connectivity index (χ0v) is 16.1. The lowest BCUT2D eigenvalue weighted by Gasteiger charge is -2.22. The van der Waals surface area contributed by atoms with Crippen LogP contribution >= 0.6 is 11.8 Å². The molecule has 2 heterocycles. The highest BCUT2D eigenvalue weighted by atomic mass is 32.2. The van der Waals surface area contributed by atoms with Crippen LogP contribution in [0, 0.1) is 0 Å². The van der Waals surface area contributed by atoms with Crippen LogP contribution in [0.3, 0.4) is 0 Å². The topological polar surface area (TPSA) is 42.9 Å². The second-order valence-corrected chi connectivity index (χ2v) is 8.70. The number of hydrogen-bond acceptors (Lipinski definition) is 4. The molecular formula is C17H35N5S. The van der Waals surface area contributed by atoms with Crippen LogP contribution in [0.2, 0.25) is 0 Å². The third kappa shape index (κ3) is 6.89. The fourth-order valence-corrected chi connectivity index (χ4v) is 4.43. The molecule has 2 saturated heterocycles. The van der Waals surface area contributed by atoms with E-state index in [-0.39, 0.29) is 0 Å². The van der Waals surface area contributed by atoms with Gasteiger partial charge in [0, 0.05) is 37.5 Å². The lowest BCUT2D eigenvalue weighted by atomic mass is 10.1. The first-order valence-electron chi connectivity index (χ1n) is 9.18. The number of likely N-dealkylation sites (N-methyl/N-ethyl adjacent to an activating group) is 1. The van der Waals surface area contributed by atoms with E-state index in [2.05, 4.69) is 53.1 Å². The van der Waals surface area contributed by atoms with Crippen LogP contribution in [0.25, 0.3) is 0 Å². The number of nitrogens with zero attached hydrogens (tertiary/aromatic N) is 3. The second-order valence-electron chi connectivity index (χ2n) is 7.02. The minimum atomic E-state index is 0.345. The molecule has 134 valence electrons. The van der Waals surface area contributed by atoms with Gasteiger partial charge in [-0.1, -0.05) is 0 Å². The molecule has 0 spiro atoms. The van der Waals surface area contributed by atoms with Crippen molar-refractivity contribution in [2.24, 2.45) is 4.99 Å². The number of aliphatic imine (C=N–C) groups is 1. The number of guanidine groups is 1. The zero-order valence-electron chi connectivity index (χ0n) is 15.2. The average Bonchev–Trinajstić information content (AvgIpc) is 2.86. The maximum Gasteiger partial charge on any atom is 0.191 e. The quantitative estimate of drug-likeness (QED) is 0.566. The molecule has 2 aliphatic heterocycles. The number of hydrogen-bond donors (Lipinski definition) is 2. The molecule has 2 aliphatic rings. The zero-order chi connectivity index (χ0) is 16.5. The fraction of sp³-hybridized carbons (Fsp3) is 0.941. The summed E-state index contributed by atoms with van der Waals surface area (Å²) in [5, 5.41) is 6.90. The van der Waals surface area contributed by atoms with Gasteiger partial charge in [-0.25, -0.2) is 0 Å². The molecule has 23 heavy (non-hydrogen) atoms. The minimum Gasteiger partial charge on any atom is -0.357 e. The van der Waals surface area contributed by atoms with Gasteiger partial charge in [-0.05, 0) is 59.0 Å². The van der Waals surface area contributed by atoms with Crippen molar-refractivity contribution >= 4 is 17.7 Å². The fourth-order valence-electron chi connectivity index (χ4n) is 3.21. The Morgan fingerprint density at radius 3 is 2.78 bits per heavy atom. The summed E-state index contributed by atoms with van der Waals surface area (Å²) in [7, 11) is 2.22. The van der Waals surface area contributed by atoms with Crippen molar-refractivity contribution in [3.63, 3.8) is 0 Å². The summed E-state index contributed by atoms with van der Waals surface area (Å²) in [6.07, 6.45) is 3.91. The third-order valence-corrected chi connectivity index (χ3v) is 6.27. The van der Waals surface area contributed by atoms with Crippen molar-refractivity contribution in [2.45, 2.75) is 37.9 Å². The Hall–Kier alpha value is -0.460. The van der Waals surface area contributed by atoms with Crippen molar-refractivity contribution in [1.29, 1.82) is 0 Å². The molecule has 0 aliphatic carbocycles. The molecule has 2 rings (SSSR count). The van der Waals surface area contributed by atoms with E-state index in [9.17, 15) is 0 Å². The van der Waals surface area contributed by atoms with Gasteiger partial charge in [0.2, 0.25) is 0 Å². The Morgan fingerprint density at radius 1 is 1.17 bits per heavy atom. The molecule has 0 radical (unpaired) electrons. The van der Waals surface area contributed by atoms with E-state index in [1.807, 2.05) is 0 Å². The van der Waals surface area contributed by atoms with E-state index in [0.717, 1.165) is 32.1 Å². The maximum absolute atomic E-state index is 4.83. The number of rotatable bonds is 6. The Morgan fingerprint density at radius 2 is 2.04 bits per heavy atom. The van der Waals surface area contributed by atoms with E-state index in [1.165, 1.54) is 51.2 Å². The van der Waals surface area contributed by atoms with Crippen LogP contribution in [-0.2, 0) is 0 Å². The molecule has 0 aromatic heterocycles. The largest absolute Gasteiger partial charge is 0.357 e. The SMILES string of the molecule is CCNC(=NCC1(C)CCCS1)NCCN1CCCN(C)CC1. The van der Waals surface area contributed by atoms with Gasteiger partial charge in [0.05, 0.1) is 6.54 Å². The molecule has 5 nitrogen and oxygen atoms in total. The van der Waals surface area contributed by atoms with Crippen molar-refractivity contribution < 1.29 is 0 Å². The molecule has 1 unspecified atom stereocenters. The van der Waals surface area contributed by atoms with Crippen LogP contribution in [0.4, 0.5) is 0 Å². The monoisotopic (exact) mass is 341 g/mol. The van der Waals surface area contributed by atoms with Crippen LogP contribution in [0.15, 0.2) is 4.99 Å². The Kier molecular flexibility index (Phi) is 7.99. The van der Waals surface area contributed by atoms with Crippen LogP contribution in [0.1, 0.15) is 33.1 Å². The van der Waals surface area contributed by atoms with Crippen molar-refractivity contribution in [3.05, 3.63) is 0 Å². The molecule has 0 aromatic carbocycles. The Balaban J connectivity index is 1.73. The van der Waals surface area contributed by atoms with Gasteiger partial charge < -0.3 is 20.4 Å². The first-order valence-corrected chi connectivity index (χ1v) is 10.2. The second kappa shape index (κ2) is 9.74. The van der Waals surface area contributed by atoms with Gasteiger partial charge in [-0.2, -0.15) is 11.8 Å². The van der Waals surface area contributed by atoms with Gasteiger partial charge in [-0.3, -0.25) is 4.99 Å². The van der Waals surface area contributed by atoms with Crippen molar-refractivity contribution in [2.75, 3.05) is 65.2 Å². The molecule has 0 saturated carbocycles. The molecule has 0 bridgehead atoms. The standard InChI is InChI=1S/C17H35N5S/c1-4-18-16(20-15-17(2)7-5-14-23-17)19-8-11-22-10-6-9-21(3)12-13-22/h4-15H2,1-3H3,(H2,18,19,20). The highest BCUT2D eigenvalue weighted by Crippen LogP contribution is 2.37. The van der Waals surface area contributed by atoms with Crippen LogP contribution in [0.5, 0.6) is 0 Å². The number of nitrogens with one attached hydrogen (secondary N) is 2. The van der Waals surface area contributed by atoms with E-state index in [4.69, 9.17) is 4.99 Å². The average molecular weight is 342 g/mol. The normalized spacial score (nSPS) is 27.9. The third-order valence-electron chi connectivity index (χ3n) is 4.75. The molecular weight excluding hydrogens is 306 g/mol. The lowest BCUT2D eigenvalue weighted by Crippen LogP contribution is -2.43. The molecule has 1 atom stereocenters. The predicted molar refractivity (Wildman–Crippen MR) is 103 cm³/mol. The Bertz CT molecular complexity index is 368. The lowest BCUT2D eigenvalue weighted by molar-refractivity contribution is 0.280. The summed E-state index contributed by atoms with van der Waals surface area (Å²) in [5.41, 5.74) is 0. The molecule has 2 N–H and O–H groups in total. The first-order chi connectivity index (χ1) is 11.1. The van der Waals surface area contributed by atoms with Gasteiger partial charge >= 0.3 is 0 Å². The molecule has 0 amide bonds. The predicted octanol–water partition coefficient (Wildman–Crippen LogP) is 1.46. The van der Waals surface area contributed by atoms with Gasteiger partial charge in [0.1, 0.15) is 0 Å². The van der Waals surface area contributed by atoms with E-state index >= 15 is 0 Å². The van der Waals surface area contributed by atoms with Crippen LogP contribution in [-0.4, -0.2) is 85.7 Å². The summed E-state index contributed by atoms with van der Waals surface area (Å²) in [4.78, 5) is 9.82. The molecule has 2 fully saturated rings. The van der Waals surface area contributed by atoms with Gasteiger partial charge in [0.15, 0.2) is 5.96 Å². The van der Waals surface area contributed by atoms with Crippen molar-refractivity contribution in [3.8, 4) is 0 Å². The van der Waals surface area contributed by atoms with Crippen molar-refractivity contribution in [1.82, 2.24) is 20.4 Å². The van der Waals surface area contributed by atoms with Gasteiger partial charge in [0.25, 0.3) is 0 Å². The summed E-state index contributed by atoms with van der Waals surface area (Å²) in [6.45, 7) is 13.2. The number of thioether (sulfide) groups is 1. The molecule has 0 aromatic rings. The Labute approximate surface area is 146 Å². The summed E-state index contributed by atoms with van der Waals surface area (Å²) in [5.74, 6) is 2.27. The molecule has 6 heteroatoms. The van der Waals surface area contributed by atoms with E-state index < -0.39 is 0 Å². The summed E-state index contributed by atoms with van der Waals surface area (Å²) < 4.78 is 0.345. The van der Waals surface area contributed by atoms with Gasteiger partial charge in [-0.15, -0.1) is 0 Å². The minimum absolute atomic E-state index is 0.345. The highest BCUT2D eigenvalue weighted by molar-refractivity contribution is 8.00. The van der Waals surface area contributed by atoms with E-state index in [1.54, 1.807) is 0 Å². The maximum atomic E-state index is 4.83. The smallest absolute Gasteiger partial charge is 0.191 e.